The Kier molecular flexibility index (Phi) is 4.88. The highest BCUT2D eigenvalue weighted by Gasteiger charge is 2.42. The van der Waals surface area contributed by atoms with E-state index in [-0.39, 0.29) is 12.2 Å². The van der Waals surface area contributed by atoms with Crippen molar-refractivity contribution in [2.24, 2.45) is 0 Å². The van der Waals surface area contributed by atoms with Crippen molar-refractivity contribution < 1.29 is 9.47 Å². The van der Waals surface area contributed by atoms with Crippen LogP contribution in [0.1, 0.15) is 19.8 Å². The van der Waals surface area contributed by atoms with Crippen molar-refractivity contribution in [2.45, 2.75) is 36.8 Å². The number of alkyl halides is 1. The van der Waals surface area contributed by atoms with Gasteiger partial charge in [-0.1, -0.05) is 38.8 Å². The summed E-state index contributed by atoms with van der Waals surface area (Å²) in [6, 6.07) is 7.92. The van der Waals surface area contributed by atoms with Crippen LogP contribution in [0.4, 0.5) is 0 Å². The maximum Gasteiger partial charge on any atom is 0.127 e. The van der Waals surface area contributed by atoms with Gasteiger partial charge in [0.15, 0.2) is 0 Å². The van der Waals surface area contributed by atoms with Crippen LogP contribution in [0.25, 0.3) is 0 Å². The third-order valence-corrected chi connectivity index (χ3v) is 4.22. The molecule has 0 spiro atoms. The molecule has 0 aromatic heterocycles. The molecule has 0 N–H and O–H groups in total. The van der Waals surface area contributed by atoms with Gasteiger partial charge < -0.3 is 9.47 Å². The van der Waals surface area contributed by atoms with Crippen LogP contribution in [0.2, 0.25) is 0 Å². The SMILES string of the molecule is CCCOC1C(Br)CC1Oc1ccc(Br)cc1. The summed E-state index contributed by atoms with van der Waals surface area (Å²) in [6.07, 6.45) is 2.40. The monoisotopic (exact) mass is 362 g/mol. The number of hydrogen-bond acceptors (Lipinski definition) is 2. The van der Waals surface area contributed by atoms with Crippen LogP contribution in [0, 0.1) is 0 Å². The fourth-order valence-electron chi connectivity index (χ4n) is 1.80. The maximum atomic E-state index is 5.91. The zero-order chi connectivity index (χ0) is 12.3. The second-order valence-corrected chi connectivity index (χ2v) is 6.29. The van der Waals surface area contributed by atoms with Crippen molar-refractivity contribution in [1.29, 1.82) is 0 Å². The minimum atomic E-state index is 0.173. The molecule has 17 heavy (non-hydrogen) atoms. The van der Waals surface area contributed by atoms with Crippen molar-refractivity contribution in [2.75, 3.05) is 6.61 Å². The van der Waals surface area contributed by atoms with E-state index in [1.165, 1.54) is 0 Å². The van der Waals surface area contributed by atoms with Crippen LogP contribution in [0.5, 0.6) is 5.75 Å². The smallest absolute Gasteiger partial charge is 0.127 e. The van der Waals surface area contributed by atoms with Crippen LogP contribution in [-0.2, 0) is 4.74 Å². The second-order valence-electron chi connectivity index (χ2n) is 4.20. The molecule has 0 bridgehead atoms. The molecule has 0 radical (unpaired) electrons. The van der Waals surface area contributed by atoms with Crippen LogP contribution in [0.15, 0.2) is 28.7 Å². The lowest BCUT2D eigenvalue weighted by Gasteiger charge is -2.40. The minimum Gasteiger partial charge on any atom is -0.488 e. The molecule has 3 unspecified atom stereocenters. The summed E-state index contributed by atoms with van der Waals surface area (Å²) in [5, 5.41) is 0. The first-order chi connectivity index (χ1) is 8.20. The Morgan fingerprint density at radius 1 is 1.29 bits per heavy atom. The van der Waals surface area contributed by atoms with Crippen molar-refractivity contribution in [3.05, 3.63) is 28.7 Å². The molecule has 3 atom stereocenters. The van der Waals surface area contributed by atoms with Crippen molar-refractivity contribution in [1.82, 2.24) is 0 Å². The number of benzene rings is 1. The highest BCUT2D eigenvalue weighted by atomic mass is 79.9. The van der Waals surface area contributed by atoms with Gasteiger partial charge in [0.2, 0.25) is 0 Å². The van der Waals surface area contributed by atoms with Crippen LogP contribution in [-0.4, -0.2) is 23.6 Å². The van der Waals surface area contributed by atoms with E-state index >= 15 is 0 Å². The van der Waals surface area contributed by atoms with E-state index in [0.29, 0.717) is 4.83 Å². The Morgan fingerprint density at radius 2 is 2.00 bits per heavy atom. The van der Waals surface area contributed by atoms with Crippen LogP contribution in [0.3, 0.4) is 0 Å². The molecule has 0 amide bonds. The Hall–Kier alpha value is -0.0600. The van der Waals surface area contributed by atoms with Crippen molar-refractivity contribution >= 4 is 31.9 Å². The summed E-state index contributed by atoms with van der Waals surface area (Å²) >= 11 is 7.02. The summed E-state index contributed by atoms with van der Waals surface area (Å²) in [4.78, 5) is 0.425. The molecule has 1 fully saturated rings. The molecule has 0 heterocycles. The lowest BCUT2D eigenvalue weighted by atomic mass is 9.91. The van der Waals surface area contributed by atoms with Gasteiger partial charge in [-0.25, -0.2) is 0 Å². The summed E-state index contributed by atoms with van der Waals surface area (Å²) in [5.41, 5.74) is 0. The zero-order valence-corrected chi connectivity index (χ0v) is 12.9. The van der Waals surface area contributed by atoms with Gasteiger partial charge in [0.25, 0.3) is 0 Å². The number of halogens is 2. The first-order valence-electron chi connectivity index (χ1n) is 5.88. The van der Waals surface area contributed by atoms with Gasteiger partial charge in [0.05, 0.1) is 0 Å². The summed E-state index contributed by atoms with van der Waals surface area (Å²) in [7, 11) is 0. The van der Waals surface area contributed by atoms with Crippen LogP contribution >= 0.6 is 31.9 Å². The van der Waals surface area contributed by atoms with Gasteiger partial charge in [0.1, 0.15) is 18.0 Å². The normalized spacial score (nSPS) is 27.6. The average molecular weight is 364 g/mol. The van der Waals surface area contributed by atoms with E-state index in [9.17, 15) is 0 Å². The van der Waals surface area contributed by atoms with E-state index in [2.05, 4.69) is 38.8 Å². The molecule has 0 saturated heterocycles. The highest BCUT2D eigenvalue weighted by Crippen LogP contribution is 2.34. The largest absolute Gasteiger partial charge is 0.488 e. The molecule has 4 heteroatoms. The third-order valence-electron chi connectivity index (χ3n) is 2.80. The quantitative estimate of drug-likeness (QED) is 0.731. The summed E-state index contributed by atoms with van der Waals surface area (Å²) in [5.74, 6) is 0.905. The Balaban J connectivity index is 1.88. The molecule has 1 aliphatic carbocycles. The predicted molar refractivity (Wildman–Crippen MR) is 75.9 cm³/mol. The molecule has 1 aromatic rings. The van der Waals surface area contributed by atoms with Gasteiger partial charge in [-0.05, 0) is 30.7 Å². The Morgan fingerprint density at radius 3 is 2.59 bits per heavy atom. The Labute approximate surface area is 119 Å². The fourth-order valence-corrected chi connectivity index (χ4v) is 2.92. The van der Waals surface area contributed by atoms with Gasteiger partial charge in [-0.2, -0.15) is 0 Å². The second kappa shape index (κ2) is 6.21. The van der Waals surface area contributed by atoms with Crippen molar-refractivity contribution in [3.63, 3.8) is 0 Å². The molecular formula is C13H16Br2O2. The van der Waals surface area contributed by atoms with E-state index in [1.807, 2.05) is 24.3 Å². The molecule has 2 rings (SSSR count). The zero-order valence-electron chi connectivity index (χ0n) is 9.74. The maximum absolute atomic E-state index is 5.91. The third kappa shape index (κ3) is 3.46. The first-order valence-corrected chi connectivity index (χ1v) is 7.59. The fraction of sp³-hybridized carbons (Fsp3) is 0.538. The number of ether oxygens (including phenoxy) is 2. The summed E-state index contributed by atoms with van der Waals surface area (Å²) < 4.78 is 12.7. The molecular weight excluding hydrogens is 348 g/mol. The standard InChI is InChI=1S/C13H16Br2O2/c1-2-7-16-13-11(15)8-12(13)17-10-5-3-9(14)4-6-10/h3-6,11-13H,2,7-8H2,1H3. The average Bonchev–Trinajstić information content (AvgIpc) is 2.31. The lowest BCUT2D eigenvalue weighted by Crippen LogP contribution is -2.52. The molecule has 1 aromatic carbocycles. The molecule has 0 aliphatic heterocycles. The molecule has 94 valence electrons. The van der Waals surface area contributed by atoms with E-state index in [1.54, 1.807) is 0 Å². The van der Waals surface area contributed by atoms with E-state index in [0.717, 1.165) is 29.7 Å². The van der Waals surface area contributed by atoms with Gasteiger partial charge in [-0.3, -0.25) is 0 Å². The first kappa shape index (κ1) is 13.4. The molecule has 2 nitrogen and oxygen atoms in total. The van der Waals surface area contributed by atoms with Gasteiger partial charge in [0, 0.05) is 22.3 Å². The topological polar surface area (TPSA) is 18.5 Å². The number of rotatable bonds is 5. The number of hydrogen-bond donors (Lipinski definition) is 0. The lowest BCUT2D eigenvalue weighted by molar-refractivity contribution is -0.0762. The van der Waals surface area contributed by atoms with Gasteiger partial charge in [-0.15, -0.1) is 0 Å². The van der Waals surface area contributed by atoms with Crippen LogP contribution < -0.4 is 4.74 Å². The Bertz CT molecular complexity index is 353. The minimum absolute atomic E-state index is 0.173. The molecule has 1 aliphatic rings. The van der Waals surface area contributed by atoms with Crippen molar-refractivity contribution in [3.8, 4) is 5.75 Å². The summed E-state index contributed by atoms with van der Waals surface area (Å²) in [6.45, 7) is 2.92. The predicted octanol–water partition coefficient (Wildman–Crippen LogP) is 4.16. The van der Waals surface area contributed by atoms with E-state index in [4.69, 9.17) is 9.47 Å². The molecule has 1 saturated carbocycles. The highest BCUT2D eigenvalue weighted by molar-refractivity contribution is 9.10. The van der Waals surface area contributed by atoms with Gasteiger partial charge >= 0.3 is 0 Å². The van der Waals surface area contributed by atoms with E-state index < -0.39 is 0 Å².